The summed E-state index contributed by atoms with van der Waals surface area (Å²) < 4.78 is 5.50. The van der Waals surface area contributed by atoms with Crippen LogP contribution in [0.2, 0.25) is 0 Å². The van der Waals surface area contributed by atoms with Crippen molar-refractivity contribution in [3.63, 3.8) is 0 Å². The fourth-order valence-corrected chi connectivity index (χ4v) is 3.20. The van der Waals surface area contributed by atoms with Crippen LogP contribution >= 0.6 is 11.8 Å². The normalized spacial score (nSPS) is 22.9. The summed E-state index contributed by atoms with van der Waals surface area (Å²) >= 11 is 1.85. The van der Waals surface area contributed by atoms with E-state index in [0.717, 1.165) is 24.5 Å². The van der Waals surface area contributed by atoms with Gasteiger partial charge in [0.05, 0.1) is 6.10 Å². The van der Waals surface area contributed by atoms with E-state index in [2.05, 4.69) is 12.2 Å². The average Bonchev–Trinajstić information content (AvgIpc) is 2.76. The number of thioether (sulfide) groups is 1. The smallest absolute Gasteiger partial charge is 0.225 e. The van der Waals surface area contributed by atoms with E-state index in [1.54, 1.807) is 0 Å². The van der Waals surface area contributed by atoms with Gasteiger partial charge in [0.25, 0.3) is 0 Å². The molecule has 0 bridgehead atoms. The third-order valence-corrected chi connectivity index (χ3v) is 4.51. The summed E-state index contributed by atoms with van der Waals surface area (Å²) in [5.41, 5.74) is 0.866. The molecule has 3 nitrogen and oxygen atoms in total. The Bertz CT molecular complexity index is 383. The quantitative estimate of drug-likeness (QED) is 0.889. The lowest BCUT2D eigenvalue weighted by Crippen LogP contribution is -2.16. The molecule has 1 fully saturated rings. The maximum atomic E-state index is 11.7. The number of benzene rings is 1. The van der Waals surface area contributed by atoms with Crippen LogP contribution in [0.3, 0.4) is 0 Å². The van der Waals surface area contributed by atoms with E-state index in [1.807, 2.05) is 42.1 Å². The zero-order valence-corrected chi connectivity index (χ0v) is 11.4. The molecule has 1 heterocycles. The van der Waals surface area contributed by atoms with Gasteiger partial charge < -0.3 is 10.1 Å². The standard InChI is InChI=1S/C14H19NO2S/c1-11-13(7-9-17-11)18-10-8-14(16)15-12-5-3-2-4-6-12/h2-6,11,13H,7-10H2,1H3,(H,15,16)/t11-,13+/m0/s1. The van der Waals surface area contributed by atoms with Crippen molar-refractivity contribution in [2.24, 2.45) is 0 Å². The van der Waals surface area contributed by atoms with E-state index < -0.39 is 0 Å². The molecular formula is C14H19NO2S. The minimum atomic E-state index is 0.0836. The van der Waals surface area contributed by atoms with Crippen molar-refractivity contribution in [3.05, 3.63) is 30.3 Å². The van der Waals surface area contributed by atoms with E-state index in [4.69, 9.17) is 4.74 Å². The van der Waals surface area contributed by atoms with Crippen LogP contribution in [-0.4, -0.2) is 29.6 Å². The number of hydrogen-bond acceptors (Lipinski definition) is 3. The van der Waals surface area contributed by atoms with Crippen LogP contribution in [0.5, 0.6) is 0 Å². The molecular weight excluding hydrogens is 246 g/mol. The molecule has 98 valence electrons. The van der Waals surface area contributed by atoms with Crippen molar-refractivity contribution < 1.29 is 9.53 Å². The number of rotatable bonds is 5. The first-order chi connectivity index (χ1) is 8.75. The van der Waals surface area contributed by atoms with Crippen LogP contribution in [0, 0.1) is 0 Å². The molecule has 2 rings (SSSR count). The first-order valence-electron chi connectivity index (χ1n) is 6.34. The van der Waals surface area contributed by atoms with Gasteiger partial charge >= 0.3 is 0 Å². The number of para-hydroxylation sites is 1. The third-order valence-electron chi connectivity index (χ3n) is 3.03. The molecule has 2 atom stereocenters. The lowest BCUT2D eigenvalue weighted by atomic mass is 10.3. The van der Waals surface area contributed by atoms with Crippen LogP contribution in [0.25, 0.3) is 0 Å². The Balaban J connectivity index is 1.66. The molecule has 0 unspecified atom stereocenters. The summed E-state index contributed by atoms with van der Waals surface area (Å²) in [6.45, 7) is 2.96. The summed E-state index contributed by atoms with van der Waals surface area (Å²) in [5, 5.41) is 3.45. The summed E-state index contributed by atoms with van der Waals surface area (Å²) in [5.74, 6) is 0.942. The zero-order valence-electron chi connectivity index (χ0n) is 10.6. The van der Waals surface area contributed by atoms with Crippen LogP contribution in [0.1, 0.15) is 19.8 Å². The first-order valence-corrected chi connectivity index (χ1v) is 7.38. The van der Waals surface area contributed by atoms with Crippen LogP contribution < -0.4 is 5.32 Å². The Labute approximate surface area is 112 Å². The second-order valence-electron chi connectivity index (χ2n) is 4.44. The van der Waals surface area contributed by atoms with Crippen molar-refractivity contribution >= 4 is 23.4 Å². The van der Waals surface area contributed by atoms with Gasteiger partial charge in [-0.2, -0.15) is 11.8 Å². The SMILES string of the molecule is C[C@@H]1OCC[C@H]1SCCC(=O)Nc1ccccc1. The molecule has 4 heteroatoms. The Morgan fingerprint density at radius 3 is 2.89 bits per heavy atom. The summed E-state index contributed by atoms with van der Waals surface area (Å²) in [4.78, 5) is 11.7. The van der Waals surface area contributed by atoms with Gasteiger partial charge in [-0.3, -0.25) is 4.79 Å². The molecule has 0 saturated carbocycles. The largest absolute Gasteiger partial charge is 0.377 e. The lowest BCUT2D eigenvalue weighted by molar-refractivity contribution is -0.115. The van der Waals surface area contributed by atoms with Gasteiger partial charge in [-0.25, -0.2) is 0 Å². The Kier molecular flexibility index (Phi) is 5.08. The number of carbonyl (C=O) groups is 1. The average molecular weight is 265 g/mol. The minimum Gasteiger partial charge on any atom is -0.377 e. The van der Waals surface area contributed by atoms with Crippen LogP contribution in [-0.2, 0) is 9.53 Å². The lowest BCUT2D eigenvalue weighted by Gasteiger charge is -2.13. The molecule has 1 saturated heterocycles. The van der Waals surface area contributed by atoms with Crippen molar-refractivity contribution in [2.45, 2.75) is 31.1 Å². The maximum Gasteiger partial charge on any atom is 0.225 e. The van der Waals surface area contributed by atoms with Gasteiger partial charge in [0.1, 0.15) is 0 Å². The molecule has 0 aliphatic carbocycles. The first kappa shape index (κ1) is 13.4. The number of amides is 1. The van der Waals surface area contributed by atoms with Gasteiger partial charge in [-0.05, 0) is 25.5 Å². The van der Waals surface area contributed by atoms with Crippen LogP contribution in [0.15, 0.2) is 30.3 Å². The number of ether oxygens (including phenoxy) is 1. The highest BCUT2D eigenvalue weighted by Gasteiger charge is 2.24. The maximum absolute atomic E-state index is 11.7. The van der Waals surface area contributed by atoms with Crippen molar-refractivity contribution in [3.8, 4) is 0 Å². The van der Waals surface area contributed by atoms with E-state index in [0.29, 0.717) is 17.8 Å². The van der Waals surface area contributed by atoms with E-state index in [9.17, 15) is 4.79 Å². The highest BCUT2D eigenvalue weighted by molar-refractivity contribution is 7.99. The second kappa shape index (κ2) is 6.81. The monoisotopic (exact) mass is 265 g/mol. The fourth-order valence-electron chi connectivity index (χ4n) is 1.98. The number of anilines is 1. The van der Waals surface area contributed by atoms with E-state index in [1.165, 1.54) is 0 Å². The summed E-state index contributed by atoms with van der Waals surface area (Å²) in [7, 11) is 0. The predicted molar refractivity (Wildman–Crippen MR) is 76.0 cm³/mol. The number of carbonyl (C=O) groups excluding carboxylic acids is 1. The molecule has 1 N–H and O–H groups in total. The third kappa shape index (κ3) is 4.03. The Morgan fingerprint density at radius 1 is 1.44 bits per heavy atom. The van der Waals surface area contributed by atoms with Gasteiger partial charge in [-0.15, -0.1) is 0 Å². The Hall–Kier alpha value is -1.00. The van der Waals surface area contributed by atoms with E-state index >= 15 is 0 Å². The summed E-state index contributed by atoms with van der Waals surface area (Å²) in [6.07, 6.45) is 1.99. The zero-order chi connectivity index (χ0) is 12.8. The summed E-state index contributed by atoms with van der Waals surface area (Å²) in [6, 6.07) is 9.58. The molecule has 1 aliphatic heterocycles. The molecule has 18 heavy (non-hydrogen) atoms. The number of nitrogens with one attached hydrogen (secondary N) is 1. The molecule has 1 aliphatic rings. The van der Waals surface area contributed by atoms with Crippen molar-refractivity contribution in [2.75, 3.05) is 17.7 Å². The van der Waals surface area contributed by atoms with Crippen LogP contribution in [0.4, 0.5) is 5.69 Å². The highest BCUT2D eigenvalue weighted by Crippen LogP contribution is 2.26. The van der Waals surface area contributed by atoms with Crippen molar-refractivity contribution in [1.29, 1.82) is 0 Å². The van der Waals surface area contributed by atoms with Gasteiger partial charge in [0, 0.05) is 29.7 Å². The van der Waals surface area contributed by atoms with Gasteiger partial charge in [0.15, 0.2) is 0 Å². The molecule has 0 aromatic heterocycles. The van der Waals surface area contributed by atoms with Gasteiger partial charge in [-0.1, -0.05) is 18.2 Å². The molecule has 1 amide bonds. The number of hydrogen-bond donors (Lipinski definition) is 1. The van der Waals surface area contributed by atoms with Gasteiger partial charge in [0.2, 0.25) is 5.91 Å². The molecule has 0 spiro atoms. The van der Waals surface area contributed by atoms with Crippen molar-refractivity contribution in [1.82, 2.24) is 0 Å². The second-order valence-corrected chi connectivity index (χ2v) is 5.79. The minimum absolute atomic E-state index is 0.0836. The fraction of sp³-hybridized carbons (Fsp3) is 0.500. The van der Waals surface area contributed by atoms with E-state index in [-0.39, 0.29) is 5.91 Å². The molecule has 0 radical (unpaired) electrons. The molecule has 1 aromatic rings. The predicted octanol–water partition coefficient (Wildman–Crippen LogP) is 2.93. The molecule has 1 aromatic carbocycles. The Morgan fingerprint density at radius 2 is 2.22 bits per heavy atom. The topological polar surface area (TPSA) is 38.3 Å². The highest BCUT2D eigenvalue weighted by atomic mass is 32.2.